The Morgan fingerprint density at radius 2 is 2.06 bits per heavy atom. The number of aryl methyl sites for hydroxylation is 2. The molecule has 0 saturated heterocycles. The van der Waals surface area contributed by atoms with Crippen molar-refractivity contribution in [3.05, 3.63) is 64.7 Å². The minimum Gasteiger partial charge on any atom is -0.385 e. The van der Waals surface area contributed by atoms with Crippen LogP contribution in [0.3, 0.4) is 0 Å². The lowest BCUT2D eigenvalue weighted by Gasteiger charge is -2.61. The summed E-state index contributed by atoms with van der Waals surface area (Å²) >= 11 is 5.82. The smallest absolute Gasteiger partial charge is 0.274 e. The monoisotopic (exact) mass is 443 g/mol. The summed E-state index contributed by atoms with van der Waals surface area (Å²) in [7, 11) is 3.62. The number of nitrogens with one attached hydrogen (secondary N) is 1. The standard InChI is InChI=1S/C22H23ClFN5O2/c1-28-12-25-18(19(28)20(30)27-15-3-4-17(24)16(23)5-15)13-6-21(7-13)10-22(31,11-21)14-8-26-29(2)9-14/h3-5,8-9,12-13,31H,6-7,10-11H2,1-2H3,(H,27,30). The molecule has 2 aromatic heterocycles. The maximum Gasteiger partial charge on any atom is 0.274 e. The van der Waals surface area contributed by atoms with E-state index in [2.05, 4.69) is 15.4 Å². The Kier molecular flexibility index (Phi) is 4.50. The average Bonchev–Trinajstić information content (AvgIpc) is 3.26. The molecule has 1 amide bonds. The van der Waals surface area contributed by atoms with E-state index >= 15 is 0 Å². The number of hydrogen-bond donors (Lipinski definition) is 2. The number of imidazole rings is 1. The number of carbonyl (C=O) groups excluding carboxylic acids is 1. The molecule has 2 aliphatic carbocycles. The van der Waals surface area contributed by atoms with Crippen LogP contribution in [0.4, 0.5) is 10.1 Å². The summed E-state index contributed by atoms with van der Waals surface area (Å²) in [5.74, 6) is -0.677. The highest BCUT2D eigenvalue weighted by Crippen LogP contribution is 2.67. The van der Waals surface area contributed by atoms with Crippen LogP contribution in [0.15, 0.2) is 36.9 Å². The van der Waals surface area contributed by atoms with E-state index in [1.165, 1.54) is 18.2 Å². The minimum atomic E-state index is -0.814. The number of amides is 1. The number of halogens is 2. The van der Waals surface area contributed by atoms with Gasteiger partial charge in [-0.25, -0.2) is 9.37 Å². The number of carbonyl (C=O) groups is 1. The Labute approximate surface area is 183 Å². The first-order chi connectivity index (χ1) is 14.7. The van der Waals surface area contributed by atoms with E-state index in [4.69, 9.17) is 11.6 Å². The van der Waals surface area contributed by atoms with E-state index in [-0.39, 0.29) is 22.3 Å². The second kappa shape index (κ2) is 6.90. The van der Waals surface area contributed by atoms with Gasteiger partial charge in [0.25, 0.3) is 5.91 Å². The summed E-state index contributed by atoms with van der Waals surface area (Å²) in [5, 5.41) is 17.8. The third-order valence-corrected chi connectivity index (χ3v) is 6.97. The molecule has 0 bridgehead atoms. The zero-order valence-corrected chi connectivity index (χ0v) is 18.0. The van der Waals surface area contributed by atoms with Crippen molar-refractivity contribution in [1.29, 1.82) is 0 Å². The number of benzene rings is 1. The van der Waals surface area contributed by atoms with Crippen molar-refractivity contribution in [2.24, 2.45) is 19.5 Å². The highest BCUT2D eigenvalue weighted by molar-refractivity contribution is 6.31. The van der Waals surface area contributed by atoms with E-state index in [0.29, 0.717) is 24.2 Å². The molecule has 2 saturated carbocycles. The number of nitrogens with zero attached hydrogens (tertiary/aromatic N) is 4. The van der Waals surface area contributed by atoms with E-state index in [1.807, 2.05) is 13.2 Å². The van der Waals surface area contributed by atoms with Crippen LogP contribution in [0.25, 0.3) is 0 Å². The molecule has 1 spiro atoms. The third kappa shape index (κ3) is 3.34. The molecule has 2 fully saturated rings. The van der Waals surface area contributed by atoms with Crippen molar-refractivity contribution in [3.8, 4) is 0 Å². The predicted octanol–water partition coefficient (Wildman–Crippen LogP) is 3.74. The normalized spacial score (nSPS) is 27.1. The molecule has 9 heteroatoms. The highest BCUT2D eigenvalue weighted by atomic mass is 35.5. The zero-order valence-electron chi connectivity index (χ0n) is 17.3. The fraction of sp³-hybridized carbons (Fsp3) is 0.409. The Morgan fingerprint density at radius 1 is 1.32 bits per heavy atom. The molecule has 0 unspecified atom stereocenters. The molecule has 0 radical (unpaired) electrons. The predicted molar refractivity (Wildman–Crippen MR) is 113 cm³/mol. The largest absolute Gasteiger partial charge is 0.385 e. The fourth-order valence-corrected chi connectivity index (χ4v) is 5.49. The first kappa shape index (κ1) is 20.2. The highest BCUT2D eigenvalue weighted by Gasteiger charge is 2.61. The van der Waals surface area contributed by atoms with Crippen LogP contribution in [0, 0.1) is 11.2 Å². The molecule has 2 aliphatic rings. The molecule has 0 atom stereocenters. The molecule has 162 valence electrons. The van der Waals surface area contributed by atoms with Crippen LogP contribution in [-0.2, 0) is 19.7 Å². The van der Waals surface area contributed by atoms with Gasteiger partial charge in [-0.3, -0.25) is 9.48 Å². The van der Waals surface area contributed by atoms with Gasteiger partial charge in [0.15, 0.2) is 0 Å². The second-order valence-corrected chi connectivity index (χ2v) is 9.47. The number of rotatable bonds is 4. The van der Waals surface area contributed by atoms with Crippen LogP contribution in [0.1, 0.15) is 53.3 Å². The van der Waals surface area contributed by atoms with E-state index in [9.17, 15) is 14.3 Å². The lowest BCUT2D eigenvalue weighted by Crippen LogP contribution is -2.55. The van der Waals surface area contributed by atoms with Crippen molar-refractivity contribution in [3.63, 3.8) is 0 Å². The quantitative estimate of drug-likeness (QED) is 0.643. The summed E-state index contributed by atoms with van der Waals surface area (Å²) in [4.78, 5) is 17.4. The molecule has 5 rings (SSSR count). The summed E-state index contributed by atoms with van der Waals surface area (Å²) in [6, 6.07) is 4.08. The third-order valence-electron chi connectivity index (χ3n) is 6.68. The minimum absolute atomic E-state index is 0.0462. The first-order valence-corrected chi connectivity index (χ1v) is 10.5. The number of anilines is 1. The van der Waals surface area contributed by atoms with Gasteiger partial charge in [0.1, 0.15) is 11.5 Å². The number of aromatic nitrogens is 4. The lowest BCUT2D eigenvalue weighted by molar-refractivity contribution is -0.176. The van der Waals surface area contributed by atoms with Gasteiger partial charge in [-0.05, 0) is 49.3 Å². The summed E-state index contributed by atoms with van der Waals surface area (Å²) in [5.41, 5.74) is 1.81. The van der Waals surface area contributed by atoms with Crippen molar-refractivity contribution >= 4 is 23.2 Å². The molecule has 2 N–H and O–H groups in total. The molecule has 0 aliphatic heterocycles. The molecule has 3 aromatic rings. The van der Waals surface area contributed by atoms with Gasteiger partial charge in [0, 0.05) is 37.5 Å². The van der Waals surface area contributed by atoms with Crippen molar-refractivity contribution in [2.75, 3.05) is 5.32 Å². The maximum absolute atomic E-state index is 13.4. The number of hydrogen-bond acceptors (Lipinski definition) is 4. The van der Waals surface area contributed by atoms with Crippen molar-refractivity contribution in [1.82, 2.24) is 19.3 Å². The molecule has 2 heterocycles. The van der Waals surface area contributed by atoms with Gasteiger partial charge in [-0.1, -0.05) is 11.6 Å². The molecular weight excluding hydrogens is 421 g/mol. The second-order valence-electron chi connectivity index (χ2n) is 9.07. The Hall–Kier alpha value is -2.71. The Balaban J connectivity index is 1.28. The van der Waals surface area contributed by atoms with Gasteiger partial charge in [0.2, 0.25) is 0 Å². The van der Waals surface area contributed by atoms with Crippen LogP contribution in [0.2, 0.25) is 5.02 Å². The molecule has 7 nitrogen and oxygen atoms in total. The Morgan fingerprint density at radius 3 is 2.71 bits per heavy atom. The first-order valence-electron chi connectivity index (χ1n) is 10.2. The number of aliphatic hydroxyl groups is 1. The van der Waals surface area contributed by atoms with Crippen LogP contribution < -0.4 is 5.32 Å². The Bertz CT molecular complexity index is 1170. The average molecular weight is 444 g/mol. The van der Waals surface area contributed by atoms with E-state index in [1.54, 1.807) is 28.8 Å². The summed E-state index contributed by atoms with van der Waals surface area (Å²) in [6.07, 6.45) is 8.40. The molecule has 31 heavy (non-hydrogen) atoms. The SMILES string of the molecule is Cn1cc(C2(O)CC3(CC(c4ncn(C)c4C(=O)Nc4ccc(F)c(Cl)c4)C3)C2)cn1. The summed E-state index contributed by atoms with van der Waals surface area (Å²) < 4.78 is 16.8. The zero-order chi connectivity index (χ0) is 22.0. The molecular formula is C22H23ClFN5O2. The van der Waals surface area contributed by atoms with Gasteiger partial charge in [0.05, 0.1) is 28.8 Å². The van der Waals surface area contributed by atoms with Gasteiger partial charge >= 0.3 is 0 Å². The van der Waals surface area contributed by atoms with Gasteiger partial charge in [-0.2, -0.15) is 5.10 Å². The fourth-order valence-electron chi connectivity index (χ4n) is 5.31. The van der Waals surface area contributed by atoms with Crippen LogP contribution in [-0.4, -0.2) is 30.3 Å². The molecule has 1 aromatic carbocycles. The van der Waals surface area contributed by atoms with Crippen LogP contribution >= 0.6 is 11.6 Å². The van der Waals surface area contributed by atoms with Crippen molar-refractivity contribution in [2.45, 2.75) is 37.2 Å². The van der Waals surface area contributed by atoms with Crippen LogP contribution in [0.5, 0.6) is 0 Å². The van der Waals surface area contributed by atoms with Crippen molar-refractivity contribution < 1.29 is 14.3 Å². The maximum atomic E-state index is 13.4. The van der Waals surface area contributed by atoms with Gasteiger partial charge in [-0.15, -0.1) is 0 Å². The van der Waals surface area contributed by atoms with E-state index in [0.717, 1.165) is 24.1 Å². The van der Waals surface area contributed by atoms with E-state index < -0.39 is 11.4 Å². The van der Waals surface area contributed by atoms with Gasteiger partial charge < -0.3 is 15.0 Å². The summed E-state index contributed by atoms with van der Waals surface area (Å²) in [6.45, 7) is 0. The topological polar surface area (TPSA) is 85.0 Å². The lowest BCUT2D eigenvalue weighted by atomic mass is 9.45.